The average molecular weight is 307 g/mol. The zero-order chi connectivity index (χ0) is 15.5. The van der Waals surface area contributed by atoms with Gasteiger partial charge in [-0.25, -0.2) is 0 Å². The fourth-order valence-corrected chi connectivity index (χ4v) is 2.38. The maximum absolute atomic E-state index is 10.9. The van der Waals surface area contributed by atoms with Crippen LogP contribution in [0.25, 0.3) is 0 Å². The lowest BCUT2D eigenvalue weighted by atomic mass is 10.0. The summed E-state index contributed by atoms with van der Waals surface area (Å²) in [6.45, 7) is 0. The molecular formula is C14H13NO5S. The third-order valence-corrected chi connectivity index (χ3v) is 3.94. The maximum Gasteiger partial charge on any atom is 0.294 e. The highest BCUT2D eigenvalue weighted by Gasteiger charge is 2.08. The Morgan fingerprint density at radius 3 is 1.71 bits per heavy atom. The molecule has 6 nitrogen and oxygen atoms in total. The summed E-state index contributed by atoms with van der Waals surface area (Å²) in [5, 5.41) is 10.5. The molecule has 0 aromatic heterocycles. The molecule has 0 unspecified atom stereocenters. The molecule has 0 bridgehead atoms. The first kappa shape index (κ1) is 15.1. The van der Waals surface area contributed by atoms with Gasteiger partial charge in [-0.1, -0.05) is 24.3 Å². The van der Waals surface area contributed by atoms with E-state index in [1.54, 1.807) is 24.3 Å². The maximum atomic E-state index is 10.9. The van der Waals surface area contributed by atoms with E-state index in [4.69, 9.17) is 4.55 Å². The van der Waals surface area contributed by atoms with E-state index in [-0.39, 0.29) is 10.6 Å². The molecule has 0 atom stereocenters. The van der Waals surface area contributed by atoms with Gasteiger partial charge in [0.05, 0.1) is 9.82 Å². The van der Waals surface area contributed by atoms with Crippen LogP contribution in [0.15, 0.2) is 53.4 Å². The SMILES string of the molecule is O=[N+]([O-])c1ccc(CCc2ccc(S(=O)(=O)O)cc2)cc1. The predicted molar refractivity (Wildman–Crippen MR) is 76.8 cm³/mol. The molecule has 7 heteroatoms. The molecule has 2 rings (SSSR count). The van der Waals surface area contributed by atoms with E-state index >= 15 is 0 Å². The summed E-state index contributed by atoms with van der Waals surface area (Å²) < 4.78 is 30.7. The van der Waals surface area contributed by atoms with E-state index in [2.05, 4.69) is 0 Å². The molecule has 110 valence electrons. The van der Waals surface area contributed by atoms with Crippen molar-refractivity contribution < 1.29 is 17.9 Å². The third kappa shape index (κ3) is 4.11. The van der Waals surface area contributed by atoms with Crippen LogP contribution in [0, 0.1) is 10.1 Å². The molecule has 0 amide bonds. The van der Waals surface area contributed by atoms with E-state index in [0.717, 1.165) is 11.1 Å². The summed E-state index contributed by atoms with van der Waals surface area (Å²) in [6, 6.07) is 12.3. The molecule has 0 fully saturated rings. The summed E-state index contributed by atoms with van der Waals surface area (Å²) in [7, 11) is -4.16. The lowest BCUT2D eigenvalue weighted by Gasteiger charge is -2.03. The van der Waals surface area contributed by atoms with Gasteiger partial charge in [-0.3, -0.25) is 14.7 Å². The van der Waals surface area contributed by atoms with Crippen molar-refractivity contribution in [3.8, 4) is 0 Å². The number of nitro benzene ring substituents is 1. The van der Waals surface area contributed by atoms with Crippen molar-refractivity contribution in [3.05, 3.63) is 69.8 Å². The molecule has 0 spiro atoms. The van der Waals surface area contributed by atoms with Gasteiger partial charge in [0.2, 0.25) is 0 Å². The van der Waals surface area contributed by atoms with Gasteiger partial charge >= 0.3 is 0 Å². The molecular weight excluding hydrogens is 294 g/mol. The van der Waals surface area contributed by atoms with Crippen LogP contribution in [-0.4, -0.2) is 17.9 Å². The predicted octanol–water partition coefficient (Wildman–Crippen LogP) is 2.63. The lowest BCUT2D eigenvalue weighted by molar-refractivity contribution is -0.384. The van der Waals surface area contributed by atoms with Gasteiger partial charge in [0.25, 0.3) is 15.8 Å². The molecule has 0 heterocycles. The van der Waals surface area contributed by atoms with Crippen LogP contribution >= 0.6 is 0 Å². The molecule has 0 aliphatic heterocycles. The van der Waals surface area contributed by atoms with Crippen molar-refractivity contribution in [1.29, 1.82) is 0 Å². The first-order valence-electron chi connectivity index (χ1n) is 6.16. The molecule has 1 N–H and O–H groups in total. The van der Waals surface area contributed by atoms with Crippen LogP contribution in [0.2, 0.25) is 0 Å². The average Bonchev–Trinajstić information content (AvgIpc) is 2.45. The number of nitrogens with zero attached hydrogens (tertiary/aromatic N) is 1. The second-order valence-corrected chi connectivity index (χ2v) is 5.96. The highest BCUT2D eigenvalue weighted by molar-refractivity contribution is 7.85. The van der Waals surface area contributed by atoms with Crippen molar-refractivity contribution in [2.75, 3.05) is 0 Å². The van der Waals surface area contributed by atoms with Gasteiger partial charge in [0.15, 0.2) is 0 Å². The van der Waals surface area contributed by atoms with Crippen molar-refractivity contribution >= 4 is 15.8 Å². The number of rotatable bonds is 5. The van der Waals surface area contributed by atoms with Crippen molar-refractivity contribution in [2.24, 2.45) is 0 Å². The molecule has 21 heavy (non-hydrogen) atoms. The van der Waals surface area contributed by atoms with Gasteiger partial charge in [-0.05, 0) is 36.1 Å². The Kier molecular flexibility index (Phi) is 4.35. The number of aryl methyl sites for hydroxylation is 2. The number of nitro groups is 1. The van der Waals surface area contributed by atoms with E-state index in [9.17, 15) is 18.5 Å². The van der Waals surface area contributed by atoms with Crippen molar-refractivity contribution in [3.63, 3.8) is 0 Å². The Bertz CT molecular complexity index is 736. The van der Waals surface area contributed by atoms with Crippen molar-refractivity contribution in [2.45, 2.75) is 17.7 Å². The molecule has 2 aromatic carbocycles. The summed E-state index contributed by atoms with van der Waals surface area (Å²) >= 11 is 0. The van der Waals surface area contributed by atoms with Gasteiger partial charge in [-0.15, -0.1) is 0 Å². The smallest absolute Gasteiger partial charge is 0.282 e. The number of hydrogen-bond donors (Lipinski definition) is 1. The Morgan fingerprint density at radius 2 is 1.33 bits per heavy atom. The van der Waals surface area contributed by atoms with Crippen LogP contribution in [-0.2, 0) is 23.0 Å². The van der Waals surface area contributed by atoms with Gasteiger partial charge in [0.1, 0.15) is 0 Å². The monoisotopic (exact) mass is 307 g/mol. The normalized spacial score (nSPS) is 11.3. The lowest BCUT2D eigenvalue weighted by Crippen LogP contribution is -1.98. The summed E-state index contributed by atoms with van der Waals surface area (Å²) in [4.78, 5) is 9.96. The Labute approximate surface area is 121 Å². The minimum absolute atomic E-state index is 0.0521. The first-order chi connectivity index (χ1) is 9.86. The van der Waals surface area contributed by atoms with Crippen LogP contribution in [0.4, 0.5) is 5.69 Å². The highest BCUT2D eigenvalue weighted by atomic mass is 32.2. The number of non-ortho nitro benzene ring substituents is 1. The van der Waals surface area contributed by atoms with E-state index in [1.807, 2.05) is 0 Å². The quantitative estimate of drug-likeness (QED) is 0.520. The second-order valence-electron chi connectivity index (χ2n) is 4.54. The summed E-state index contributed by atoms with van der Waals surface area (Å²) in [5.74, 6) is 0. The first-order valence-corrected chi connectivity index (χ1v) is 7.60. The minimum Gasteiger partial charge on any atom is -0.282 e. The molecule has 0 aliphatic carbocycles. The second kappa shape index (κ2) is 6.02. The Morgan fingerprint density at radius 1 is 0.905 bits per heavy atom. The van der Waals surface area contributed by atoms with Crippen LogP contribution in [0.3, 0.4) is 0 Å². The molecule has 0 radical (unpaired) electrons. The summed E-state index contributed by atoms with van der Waals surface area (Å²) in [6.07, 6.45) is 1.35. The van der Waals surface area contributed by atoms with E-state index in [1.165, 1.54) is 24.3 Å². The topological polar surface area (TPSA) is 97.5 Å². The van der Waals surface area contributed by atoms with Crippen LogP contribution in [0.1, 0.15) is 11.1 Å². The fourth-order valence-electron chi connectivity index (χ4n) is 1.90. The highest BCUT2D eigenvalue weighted by Crippen LogP contribution is 2.15. The zero-order valence-electron chi connectivity index (χ0n) is 11.0. The largest absolute Gasteiger partial charge is 0.294 e. The van der Waals surface area contributed by atoms with Gasteiger partial charge < -0.3 is 0 Å². The molecule has 2 aromatic rings. The summed E-state index contributed by atoms with van der Waals surface area (Å²) in [5.41, 5.74) is 1.93. The third-order valence-electron chi connectivity index (χ3n) is 3.07. The van der Waals surface area contributed by atoms with Crippen LogP contribution in [0.5, 0.6) is 0 Å². The van der Waals surface area contributed by atoms with Crippen molar-refractivity contribution in [1.82, 2.24) is 0 Å². The number of benzene rings is 2. The Balaban J connectivity index is 2.01. The standard InChI is InChI=1S/C14H13NO5S/c16-15(17)13-7-3-11(4-8-13)1-2-12-5-9-14(10-6-12)21(18,19)20/h3-10H,1-2H2,(H,18,19,20). The van der Waals surface area contributed by atoms with Gasteiger partial charge in [-0.2, -0.15) is 8.42 Å². The number of hydrogen-bond acceptors (Lipinski definition) is 4. The van der Waals surface area contributed by atoms with E-state index in [0.29, 0.717) is 12.8 Å². The molecule has 0 saturated heterocycles. The molecule has 0 saturated carbocycles. The van der Waals surface area contributed by atoms with Crippen LogP contribution < -0.4 is 0 Å². The Hall–Kier alpha value is -2.25. The van der Waals surface area contributed by atoms with E-state index < -0.39 is 15.0 Å². The zero-order valence-corrected chi connectivity index (χ0v) is 11.8. The van der Waals surface area contributed by atoms with Gasteiger partial charge in [0, 0.05) is 12.1 Å². The fraction of sp³-hybridized carbons (Fsp3) is 0.143. The minimum atomic E-state index is -4.16. The molecule has 0 aliphatic rings.